The summed E-state index contributed by atoms with van der Waals surface area (Å²) in [5.74, 6) is -0.443. The van der Waals surface area contributed by atoms with Crippen molar-refractivity contribution in [2.24, 2.45) is 5.73 Å². The van der Waals surface area contributed by atoms with Gasteiger partial charge < -0.3 is 26.4 Å². The molecule has 160 valence electrons. The number of hydrogen-bond acceptors (Lipinski definition) is 7. The summed E-state index contributed by atoms with van der Waals surface area (Å²) >= 11 is 6.15. The van der Waals surface area contributed by atoms with Gasteiger partial charge in [0.1, 0.15) is 12.4 Å². The van der Waals surface area contributed by atoms with Gasteiger partial charge in [-0.3, -0.25) is 9.59 Å². The molecule has 2 amide bonds. The van der Waals surface area contributed by atoms with Gasteiger partial charge in [-0.2, -0.15) is 4.98 Å². The molecule has 0 aliphatic heterocycles. The molecule has 0 bridgehead atoms. The van der Waals surface area contributed by atoms with Crippen molar-refractivity contribution in [2.75, 3.05) is 29.7 Å². The van der Waals surface area contributed by atoms with Gasteiger partial charge in [-0.1, -0.05) is 41.9 Å². The Labute approximate surface area is 184 Å². The molecule has 3 rings (SSSR count). The van der Waals surface area contributed by atoms with Crippen LogP contribution < -0.4 is 21.7 Å². The number of nitrogens with one attached hydrogen (secondary N) is 3. The summed E-state index contributed by atoms with van der Waals surface area (Å²) < 4.78 is 4.80. The predicted octanol–water partition coefficient (Wildman–Crippen LogP) is 3.17. The van der Waals surface area contributed by atoms with Crippen molar-refractivity contribution >= 4 is 46.6 Å². The predicted molar refractivity (Wildman–Crippen MR) is 120 cm³/mol. The number of benzene rings is 2. The first-order valence-electron chi connectivity index (χ1n) is 9.26. The number of hydrogen-bond donors (Lipinski definition) is 4. The number of carbonyl (C=O) groups is 2. The molecular weight excluding hydrogens is 420 g/mol. The maximum absolute atomic E-state index is 11.8. The Morgan fingerprint density at radius 2 is 1.94 bits per heavy atom. The Morgan fingerprint density at radius 3 is 2.65 bits per heavy atom. The highest BCUT2D eigenvalue weighted by atomic mass is 35.5. The Bertz CT molecular complexity index is 1080. The van der Waals surface area contributed by atoms with Crippen LogP contribution in [0.25, 0.3) is 0 Å². The molecule has 0 unspecified atom stereocenters. The van der Waals surface area contributed by atoms with Gasteiger partial charge in [0.05, 0.1) is 16.3 Å². The number of rotatable bonds is 9. The van der Waals surface area contributed by atoms with Gasteiger partial charge in [-0.05, 0) is 23.8 Å². The van der Waals surface area contributed by atoms with Crippen molar-refractivity contribution < 1.29 is 14.3 Å². The molecule has 0 spiro atoms. The average Bonchev–Trinajstić information content (AvgIpc) is 2.75. The third-order valence-electron chi connectivity index (χ3n) is 4.13. The van der Waals surface area contributed by atoms with E-state index < -0.39 is 5.91 Å². The highest BCUT2D eigenvalue weighted by molar-refractivity contribution is 6.33. The van der Waals surface area contributed by atoms with Crippen LogP contribution in [0.3, 0.4) is 0 Å². The van der Waals surface area contributed by atoms with Gasteiger partial charge >= 0.3 is 0 Å². The van der Waals surface area contributed by atoms with Crippen LogP contribution in [0.5, 0.6) is 0 Å². The minimum absolute atomic E-state index is 0.0951. The van der Waals surface area contributed by atoms with Crippen LogP contribution in [0.2, 0.25) is 5.02 Å². The molecule has 0 aliphatic rings. The van der Waals surface area contributed by atoms with E-state index in [1.807, 2.05) is 30.3 Å². The van der Waals surface area contributed by atoms with Crippen molar-refractivity contribution in [3.8, 4) is 0 Å². The number of nitrogens with zero attached hydrogens (tertiary/aromatic N) is 2. The van der Waals surface area contributed by atoms with Crippen molar-refractivity contribution in [1.29, 1.82) is 0 Å². The molecule has 0 radical (unpaired) electrons. The number of aromatic nitrogens is 2. The van der Waals surface area contributed by atoms with Crippen molar-refractivity contribution in [1.82, 2.24) is 9.97 Å². The van der Waals surface area contributed by atoms with Crippen molar-refractivity contribution in [3.63, 3.8) is 0 Å². The first kappa shape index (κ1) is 22.0. The highest BCUT2D eigenvalue weighted by Crippen LogP contribution is 2.27. The number of methoxy groups -OCH3 is 1. The van der Waals surface area contributed by atoms with Crippen molar-refractivity contribution in [3.05, 3.63) is 70.9 Å². The Morgan fingerprint density at radius 1 is 1.16 bits per heavy atom. The molecular formula is C21H21ClN6O3. The summed E-state index contributed by atoms with van der Waals surface area (Å²) in [5, 5.41) is 9.17. The van der Waals surface area contributed by atoms with E-state index in [-0.39, 0.29) is 24.0 Å². The minimum atomic E-state index is -0.642. The average molecular weight is 441 g/mol. The van der Waals surface area contributed by atoms with E-state index in [0.717, 1.165) is 5.56 Å². The SMILES string of the molecule is COCC(=O)Nc1cc(Nc2ncc(C(N)=O)c(NCc3ccccc3)n2)ccc1Cl. The van der Waals surface area contributed by atoms with Gasteiger partial charge in [-0.15, -0.1) is 0 Å². The van der Waals surface area contributed by atoms with E-state index >= 15 is 0 Å². The molecule has 0 saturated heterocycles. The lowest BCUT2D eigenvalue weighted by molar-refractivity contribution is -0.119. The number of anilines is 4. The smallest absolute Gasteiger partial charge is 0.254 e. The molecule has 2 aromatic carbocycles. The second-order valence-corrected chi connectivity index (χ2v) is 6.87. The zero-order chi connectivity index (χ0) is 22.2. The first-order valence-corrected chi connectivity index (χ1v) is 9.64. The standard InChI is InChI=1S/C21H21ClN6O3/c1-31-12-18(29)27-17-9-14(7-8-16(17)22)26-21-25-11-15(19(23)30)20(28-21)24-10-13-5-3-2-4-6-13/h2-9,11H,10,12H2,1H3,(H2,23,30)(H,27,29)(H2,24,25,26,28). The summed E-state index contributed by atoms with van der Waals surface area (Å²) in [6.07, 6.45) is 1.35. The largest absolute Gasteiger partial charge is 0.375 e. The third kappa shape index (κ3) is 6.14. The topological polar surface area (TPSA) is 131 Å². The maximum atomic E-state index is 11.8. The molecule has 1 aromatic heterocycles. The Balaban J connectivity index is 1.80. The van der Waals surface area contributed by atoms with Gasteiger partial charge in [0, 0.05) is 25.5 Å². The minimum Gasteiger partial charge on any atom is -0.375 e. The lowest BCUT2D eigenvalue weighted by Crippen LogP contribution is -2.17. The lowest BCUT2D eigenvalue weighted by Gasteiger charge is -2.13. The fourth-order valence-corrected chi connectivity index (χ4v) is 2.85. The number of amides is 2. The second-order valence-electron chi connectivity index (χ2n) is 6.46. The fraction of sp³-hybridized carbons (Fsp3) is 0.143. The van der Waals surface area contributed by atoms with Crippen LogP contribution in [-0.2, 0) is 16.1 Å². The zero-order valence-electron chi connectivity index (χ0n) is 16.7. The third-order valence-corrected chi connectivity index (χ3v) is 4.46. The van der Waals surface area contributed by atoms with Gasteiger partial charge in [0.2, 0.25) is 11.9 Å². The summed E-state index contributed by atoms with van der Waals surface area (Å²) in [5.41, 5.74) is 7.62. The number of nitrogens with two attached hydrogens (primary N) is 1. The highest BCUT2D eigenvalue weighted by Gasteiger charge is 2.13. The van der Waals surface area contributed by atoms with E-state index in [9.17, 15) is 9.59 Å². The summed E-state index contributed by atoms with van der Waals surface area (Å²) in [6, 6.07) is 14.6. The quantitative estimate of drug-likeness (QED) is 0.402. The van der Waals surface area contributed by atoms with Crippen LogP contribution in [0, 0.1) is 0 Å². The van der Waals surface area contributed by atoms with Crippen LogP contribution in [0.15, 0.2) is 54.7 Å². The number of ether oxygens (including phenoxy) is 1. The Hall–Kier alpha value is -3.69. The van der Waals surface area contributed by atoms with E-state index in [0.29, 0.717) is 28.8 Å². The van der Waals surface area contributed by atoms with Gasteiger partial charge in [0.25, 0.3) is 5.91 Å². The fourth-order valence-electron chi connectivity index (χ4n) is 2.68. The van der Waals surface area contributed by atoms with E-state index in [4.69, 9.17) is 22.1 Å². The van der Waals surface area contributed by atoms with Crippen LogP contribution in [0.1, 0.15) is 15.9 Å². The number of primary amides is 1. The van der Waals surface area contributed by atoms with E-state index in [1.54, 1.807) is 18.2 Å². The lowest BCUT2D eigenvalue weighted by atomic mass is 10.2. The monoisotopic (exact) mass is 440 g/mol. The van der Waals surface area contributed by atoms with Gasteiger partial charge in [-0.25, -0.2) is 4.98 Å². The van der Waals surface area contributed by atoms with E-state index in [1.165, 1.54) is 13.3 Å². The first-order chi connectivity index (χ1) is 15.0. The summed E-state index contributed by atoms with van der Waals surface area (Å²) in [7, 11) is 1.43. The van der Waals surface area contributed by atoms with Crippen LogP contribution in [0.4, 0.5) is 23.1 Å². The molecule has 5 N–H and O–H groups in total. The maximum Gasteiger partial charge on any atom is 0.254 e. The van der Waals surface area contributed by atoms with Crippen LogP contribution >= 0.6 is 11.6 Å². The molecule has 9 nitrogen and oxygen atoms in total. The molecule has 0 atom stereocenters. The normalized spacial score (nSPS) is 10.4. The summed E-state index contributed by atoms with van der Waals surface area (Å²) in [6.45, 7) is 0.357. The van der Waals surface area contributed by atoms with Gasteiger partial charge in [0.15, 0.2) is 0 Å². The molecule has 0 saturated carbocycles. The molecule has 3 aromatic rings. The molecule has 0 fully saturated rings. The van der Waals surface area contributed by atoms with Crippen molar-refractivity contribution in [2.45, 2.75) is 6.54 Å². The van der Waals surface area contributed by atoms with E-state index in [2.05, 4.69) is 25.9 Å². The molecule has 0 aliphatic carbocycles. The summed E-state index contributed by atoms with van der Waals surface area (Å²) in [4.78, 5) is 32.1. The number of halogens is 1. The molecule has 31 heavy (non-hydrogen) atoms. The number of carbonyl (C=O) groups excluding carboxylic acids is 2. The second kappa shape index (κ2) is 10.4. The van der Waals surface area contributed by atoms with Crippen LogP contribution in [-0.4, -0.2) is 35.5 Å². The molecule has 10 heteroatoms. The molecule has 1 heterocycles. The zero-order valence-corrected chi connectivity index (χ0v) is 17.4. The Kier molecular flexibility index (Phi) is 7.36.